The van der Waals surface area contributed by atoms with E-state index in [1.54, 1.807) is 7.11 Å². The number of carbonyl (C=O) groups is 3. The van der Waals surface area contributed by atoms with Gasteiger partial charge in [0.2, 0.25) is 0 Å². The van der Waals surface area contributed by atoms with Crippen molar-refractivity contribution in [3.63, 3.8) is 0 Å². The number of carbonyl (C=O) groups excluding carboxylic acids is 3. The highest BCUT2D eigenvalue weighted by molar-refractivity contribution is 14.1. The van der Waals surface area contributed by atoms with Crippen molar-refractivity contribution in [2.24, 2.45) is 10.8 Å². The number of rotatable bonds is 6. The van der Waals surface area contributed by atoms with Gasteiger partial charge in [-0.1, -0.05) is 45.9 Å². The van der Waals surface area contributed by atoms with Gasteiger partial charge < -0.3 is 20.1 Å². The minimum atomic E-state index is -0.478. The van der Waals surface area contributed by atoms with E-state index in [1.807, 2.05) is 43.3 Å². The highest BCUT2D eigenvalue weighted by Gasteiger charge is 2.46. The van der Waals surface area contributed by atoms with Gasteiger partial charge in [-0.15, -0.1) is 0 Å². The molecule has 2 aromatic carbocycles. The van der Waals surface area contributed by atoms with Crippen molar-refractivity contribution < 1.29 is 23.9 Å². The molecule has 8 heteroatoms. The van der Waals surface area contributed by atoms with Crippen LogP contribution in [-0.4, -0.2) is 31.2 Å². The SMILES string of the molecule is COc1cc(C2C3=C(CC(C)(C)CC3=O)NC3=C2C(=O)CC(C)(C)C3)cc(I)c1OCC(=O)Nc1ccccc1C. The summed E-state index contributed by atoms with van der Waals surface area (Å²) >= 11 is 2.17. The summed E-state index contributed by atoms with van der Waals surface area (Å²) < 4.78 is 12.4. The van der Waals surface area contributed by atoms with Crippen LogP contribution in [0.5, 0.6) is 11.5 Å². The fourth-order valence-electron chi connectivity index (χ4n) is 6.31. The number of halogens is 1. The summed E-state index contributed by atoms with van der Waals surface area (Å²) in [4.78, 5) is 40.0. The van der Waals surface area contributed by atoms with Crippen LogP contribution in [0.15, 0.2) is 58.9 Å². The lowest BCUT2D eigenvalue weighted by atomic mass is 9.64. The predicted octanol–water partition coefficient (Wildman–Crippen LogP) is 6.60. The van der Waals surface area contributed by atoms with Crippen molar-refractivity contribution >= 4 is 45.8 Å². The third-order valence-electron chi connectivity index (χ3n) is 8.07. The molecule has 216 valence electrons. The minimum absolute atomic E-state index is 0.0695. The summed E-state index contributed by atoms with van der Waals surface area (Å²) in [5.74, 6) is 0.274. The molecule has 1 heterocycles. The Morgan fingerprint density at radius 1 is 0.976 bits per heavy atom. The van der Waals surface area contributed by atoms with E-state index < -0.39 is 5.92 Å². The Hall–Kier alpha value is -3.14. The van der Waals surface area contributed by atoms with Gasteiger partial charge in [0.05, 0.1) is 10.7 Å². The van der Waals surface area contributed by atoms with Crippen molar-refractivity contribution in [1.82, 2.24) is 5.32 Å². The topological polar surface area (TPSA) is 93.7 Å². The number of aryl methyl sites for hydroxylation is 1. The van der Waals surface area contributed by atoms with E-state index in [-0.39, 0.29) is 34.9 Å². The number of para-hydroxylation sites is 1. The van der Waals surface area contributed by atoms with Gasteiger partial charge in [0, 0.05) is 47.0 Å². The summed E-state index contributed by atoms with van der Waals surface area (Å²) in [5, 5.41) is 6.44. The van der Waals surface area contributed by atoms with Crippen molar-refractivity contribution in [1.29, 1.82) is 0 Å². The van der Waals surface area contributed by atoms with Gasteiger partial charge in [-0.05, 0) is 82.5 Å². The number of benzene rings is 2. The van der Waals surface area contributed by atoms with E-state index in [0.717, 1.165) is 44.6 Å². The molecule has 0 atom stereocenters. The molecule has 2 N–H and O–H groups in total. The van der Waals surface area contributed by atoms with Crippen LogP contribution in [0.25, 0.3) is 0 Å². The molecule has 41 heavy (non-hydrogen) atoms. The molecule has 0 unspecified atom stereocenters. The van der Waals surface area contributed by atoms with Gasteiger partial charge in [-0.25, -0.2) is 0 Å². The lowest BCUT2D eigenvalue weighted by molar-refractivity contribution is -0.119. The van der Waals surface area contributed by atoms with E-state index in [1.165, 1.54) is 0 Å². The Kier molecular flexibility index (Phi) is 7.82. The summed E-state index contributed by atoms with van der Waals surface area (Å²) in [5.41, 5.74) is 5.38. The number of hydrogen-bond acceptors (Lipinski definition) is 6. The molecule has 0 spiro atoms. The van der Waals surface area contributed by atoms with Crippen molar-refractivity contribution in [2.75, 3.05) is 19.0 Å². The normalized spacial score (nSPS) is 19.8. The second-order valence-electron chi connectivity index (χ2n) is 12.9. The number of dihydropyridines is 1. The quantitative estimate of drug-likeness (QED) is 0.337. The lowest BCUT2D eigenvalue weighted by Crippen LogP contribution is -2.42. The molecule has 0 radical (unpaired) electrons. The molecule has 1 aliphatic heterocycles. The Balaban J connectivity index is 1.51. The molecule has 3 aliphatic rings. The average molecular weight is 669 g/mol. The van der Waals surface area contributed by atoms with Crippen molar-refractivity contribution in [2.45, 2.75) is 66.2 Å². The number of hydrogen-bond donors (Lipinski definition) is 2. The molecule has 5 rings (SSSR count). The van der Waals surface area contributed by atoms with E-state index in [2.05, 4.69) is 60.9 Å². The Labute approximate surface area is 255 Å². The van der Waals surface area contributed by atoms with E-state index in [9.17, 15) is 14.4 Å². The molecule has 7 nitrogen and oxygen atoms in total. The number of amides is 1. The second kappa shape index (κ2) is 10.9. The first kappa shape index (κ1) is 29.4. The predicted molar refractivity (Wildman–Crippen MR) is 167 cm³/mol. The van der Waals surface area contributed by atoms with E-state index in [0.29, 0.717) is 35.5 Å². The number of nitrogens with one attached hydrogen (secondary N) is 2. The largest absolute Gasteiger partial charge is 0.493 e. The van der Waals surface area contributed by atoms with Gasteiger partial charge in [0.1, 0.15) is 0 Å². The molecule has 0 aromatic heterocycles. The first-order valence-corrected chi connectivity index (χ1v) is 15.0. The lowest BCUT2D eigenvalue weighted by Gasteiger charge is -2.44. The third-order valence-corrected chi connectivity index (χ3v) is 8.87. The number of ketones is 2. The summed E-state index contributed by atoms with van der Waals surface area (Å²) in [6, 6.07) is 11.4. The minimum Gasteiger partial charge on any atom is -0.493 e. The summed E-state index contributed by atoms with van der Waals surface area (Å²) in [6.07, 6.45) is 2.33. The number of anilines is 1. The fraction of sp³-hybridized carbons (Fsp3) is 0.424. The van der Waals surface area contributed by atoms with E-state index >= 15 is 0 Å². The molecule has 0 saturated heterocycles. The highest BCUT2D eigenvalue weighted by atomic mass is 127. The van der Waals surface area contributed by atoms with Crippen LogP contribution in [0.3, 0.4) is 0 Å². The third kappa shape index (κ3) is 5.94. The van der Waals surface area contributed by atoms with Gasteiger partial charge in [0.25, 0.3) is 5.91 Å². The highest BCUT2D eigenvalue weighted by Crippen LogP contribution is 2.52. The number of Topliss-reactive ketones (excluding diaryl/α,β-unsaturated/α-hetero) is 2. The smallest absolute Gasteiger partial charge is 0.262 e. The van der Waals surface area contributed by atoms with Crippen LogP contribution >= 0.6 is 22.6 Å². The monoisotopic (exact) mass is 668 g/mol. The van der Waals surface area contributed by atoms with Crippen LogP contribution in [0.2, 0.25) is 0 Å². The molecule has 0 fully saturated rings. The maximum Gasteiger partial charge on any atom is 0.262 e. The van der Waals surface area contributed by atoms with Gasteiger partial charge in [-0.3, -0.25) is 14.4 Å². The van der Waals surface area contributed by atoms with Crippen molar-refractivity contribution in [3.8, 4) is 11.5 Å². The standard InChI is InChI=1S/C33H37IN2O5/c1-18-9-7-8-10-21(18)36-27(39)17-41-31-20(34)11-19(12-26(31)40-6)28-29-22(13-32(2,3)15-24(29)37)35-23-14-33(4,5)16-25(38)30(23)28/h7-12,28,35H,13-17H2,1-6H3,(H,36,39). The number of ether oxygens (including phenoxy) is 2. The zero-order chi connectivity index (χ0) is 29.7. The van der Waals surface area contributed by atoms with Crippen molar-refractivity contribution in [3.05, 3.63) is 73.6 Å². The second-order valence-corrected chi connectivity index (χ2v) is 14.1. The Morgan fingerprint density at radius 2 is 1.56 bits per heavy atom. The van der Waals surface area contributed by atoms with Crippen LogP contribution in [0.4, 0.5) is 5.69 Å². The van der Waals surface area contributed by atoms with Gasteiger partial charge >= 0.3 is 0 Å². The fourth-order valence-corrected chi connectivity index (χ4v) is 7.09. The summed E-state index contributed by atoms with van der Waals surface area (Å²) in [7, 11) is 1.55. The zero-order valence-electron chi connectivity index (χ0n) is 24.5. The molecular weight excluding hydrogens is 631 g/mol. The Bertz CT molecular complexity index is 1470. The maximum atomic E-state index is 13.7. The first-order valence-electron chi connectivity index (χ1n) is 13.9. The van der Waals surface area contributed by atoms with Gasteiger partial charge in [0.15, 0.2) is 29.7 Å². The zero-order valence-corrected chi connectivity index (χ0v) is 26.7. The Morgan fingerprint density at radius 3 is 2.12 bits per heavy atom. The maximum absolute atomic E-state index is 13.7. The molecule has 0 saturated carbocycles. The van der Waals surface area contributed by atoms with Crippen LogP contribution in [0.1, 0.15) is 70.4 Å². The van der Waals surface area contributed by atoms with Crippen LogP contribution < -0.4 is 20.1 Å². The first-order chi connectivity index (χ1) is 19.3. The molecule has 2 aromatic rings. The molecule has 2 aliphatic carbocycles. The average Bonchev–Trinajstić information content (AvgIpc) is 2.86. The van der Waals surface area contributed by atoms with Crippen LogP contribution in [0, 0.1) is 21.3 Å². The number of allylic oxidation sites excluding steroid dienone is 4. The number of methoxy groups -OCH3 is 1. The summed E-state index contributed by atoms with van der Waals surface area (Å²) in [6.45, 7) is 10.2. The molecule has 1 amide bonds. The van der Waals surface area contributed by atoms with Crippen LogP contribution in [-0.2, 0) is 14.4 Å². The molecule has 0 bridgehead atoms. The van der Waals surface area contributed by atoms with E-state index in [4.69, 9.17) is 9.47 Å². The molecular formula is C33H37IN2O5. The van der Waals surface area contributed by atoms with Gasteiger partial charge in [-0.2, -0.15) is 0 Å².